The number of benzene rings is 1. The van der Waals surface area contributed by atoms with E-state index in [1.54, 1.807) is 25.6 Å². The fourth-order valence-electron chi connectivity index (χ4n) is 4.61. The van der Waals surface area contributed by atoms with Gasteiger partial charge in [-0.05, 0) is 56.1 Å². The number of nitrogens with zero attached hydrogens (tertiary/aromatic N) is 1. The molecule has 2 aliphatic rings. The van der Waals surface area contributed by atoms with Gasteiger partial charge < -0.3 is 14.7 Å². The van der Waals surface area contributed by atoms with Crippen LogP contribution in [0.3, 0.4) is 0 Å². The number of ether oxygens (including phenoxy) is 1. The van der Waals surface area contributed by atoms with Gasteiger partial charge in [-0.3, -0.25) is 14.9 Å². The Morgan fingerprint density at radius 2 is 2.03 bits per heavy atom. The number of aliphatic carboxylic acids is 1. The number of carboxylic acids is 1. The van der Waals surface area contributed by atoms with E-state index in [0.717, 1.165) is 23.5 Å². The fraction of sp³-hybridized carbons (Fsp3) is 0.609. The molecule has 2 fully saturated rings. The van der Waals surface area contributed by atoms with Gasteiger partial charge in [-0.1, -0.05) is 30.3 Å². The van der Waals surface area contributed by atoms with Crippen LogP contribution in [0, 0.1) is 11.8 Å². The SMILES string of the molecule is CCOC(=O)[C@H](CCc1ccccc1)NC(C)C(=O)N1CC2CCSCC2[C@H]1C(=O)O. The number of carboxylic acid groups (broad SMARTS) is 1. The molecule has 0 radical (unpaired) electrons. The van der Waals surface area contributed by atoms with Crippen molar-refractivity contribution in [2.45, 2.75) is 51.2 Å². The van der Waals surface area contributed by atoms with Gasteiger partial charge in [0.2, 0.25) is 5.91 Å². The summed E-state index contributed by atoms with van der Waals surface area (Å²) in [6.45, 7) is 4.19. The third-order valence-corrected chi connectivity index (χ3v) is 7.36. The first-order chi connectivity index (χ1) is 14.9. The molecule has 1 amide bonds. The number of likely N-dealkylation sites (tertiary alicyclic amines) is 1. The fourth-order valence-corrected chi connectivity index (χ4v) is 5.97. The summed E-state index contributed by atoms with van der Waals surface area (Å²) in [5, 5.41) is 12.9. The molecule has 1 aromatic rings. The standard InChI is InChI=1S/C23H32N2O5S/c1-3-30-23(29)19(10-9-16-7-5-4-6-8-16)24-15(2)21(26)25-13-17-11-12-31-14-18(17)20(25)22(27)28/h4-8,15,17-20,24H,3,9-14H2,1-2H3,(H,27,28)/t15?,17?,18?,19-,20-/m0/s1. The highest BCUT2D eigenvalue weighted by Gasteiger charge is 2.49. The van der Waals surface area contributed by atoms with E-state index in [9.17, 15) is 19.5 Å². The molecule has 0 aromatic heterocycles. The lowest BCUT2D eigenvalue weighted by Crippen LogP contribution is -2.54. The summed E-state index contributed by atoms with van der Waals surface area (Å²) in [4.78, 5) is 39.2. The quantitative estimate of drug-likeness (QED) is 0.559. The zero-order valence-electron chi connectivity index (χ0n) is 18.2. The van der Waals surface area contributed by atoms with Crippen LogP contribution in [-0.2, 0) is 25.5 Å². The second kappa shape index (κ2) is 11.0. The molecule has 2 N–H and O–H groups in total. The Morgan fingerprint density at radius 3 is 2.71 bits per heavy atom. The van der Waals surface area contributed by atoms with Crippen molar-refractivity contribution in [2.75, 3.05) is 24.7 Å². The van der Waals surface area contributed by atoms with Crippen molar-refractivity contribution in [3.05, 3.63) is 35.9 Å². The van der Waals surface area contributed by atoms with Gasteiger partial charge in [-0.2, -0.15) is 11.8 Å². The van der Waals surface area contributed by atoms with Gasteiger partial charge in [0.1, 0.15) is 12.1 Å². The summed E-state index contributed by atoms with van der Waals surface area (Å²) in [6.07, 6.45) is 2.10. The van der Waals surface area contributed by atoms with E-state index >= 15 is 0 Å². The van der Waals surface area contributed by atoms with Gasteiger partial charge in [0, 0.05) is 12.5 Å². The second-order valence-corrected chi connectivity index (χ2v) is 9.43. The predicted molar refractivity (Wildman–Crippen MR) is 120 cm³/mol. The first-order valence-electron chi connectivity index (χ1n) is 11.0. The number of esters is 1. The number of amides is 1. The van der Waals surface area contributed by atoms with E-state index in [1.807, 2.05) is 30.3 Å². The number of hydrogen-bond donors (Lipinski definition) is 2. The van der Waals surface area contributed by atoms with Crippen molar-refractivity contribution in [1.29, 1.82) is 0 Å². The van der Waals surface area contributed by atoms with Gasteiger partial charge in [-0.15, -0.1) is 0 Å². The van der Waals surface area contributed by atoms with Gasteiger partial charge in [-0.25, -0.2) is 4.79 Å². The normalized spacial score (nSPS) is 24.8. The van der Waals surface area contributed by atoms with E-state index in [2.05, 4.69) is 5.32 Å². The number of carbonyl (C=O) groups is 3. The van der Waals surface area contributed by atoms with Crippen LogP contribution < -0.4 is 5.32 Å². The molecule has 0 spiro atoms. The first kappa shape index (κ1) is 23.6. The summed E-state index contributed by atoms with van der Waals surface area (Å²) in [7, 11) is 0. The lowest BCUT2D eigenvalue weighted by atomic mass is 9.90. The number of aryl methyl sites for hydroxylation is 1. The molecule has 0 bridgehead atoms. The van der Waals surface area contributed by atoms with Crippen LogP contribution in [0.1, 0.15) is 32.3 Å². The summed E-state index contributed by atoms with van der Waals surface area (Å²) in [6, 6.07) is 7.73. The van der Waals surface area contributed by atoms with Crippen LogP contribution in [0.2, 0.25) is 0 Å². The van der Waals surface area contributed by atoms with E-state index in [-0.39, 0.29) is 30.3 Å². The van der Waals surface area contributed by atoms with Crippen LogP contribution in [-0.4, -0.2) is 70.6 Å². The Kier molecular flexibility index (Phi) is 8.37. The molecule has 170 valence electrons. The molecule has 3 rings (SSSR count). The molecular weight excluding hydrogens is 416 g/mol. The number of hydrogen-bond acceptors (Lipinski definition) is 6. The van der Waals surface area contributed by atoms with Crippen LogP contribution >= 0.6 is 11.8 Å². The second-order valence-electron chi connectivity index (χ2n) is 8.28. The average molecular weight is 449 g/mol. The highest BCUT2D eigenvalue weighted by atomic mass is 32.2. The Balaban J connectivity index is 1.67. The molecule has 0 aliphatic carbocycles. The smallest absolute Gasteiger partial charge is 0.326 e. The molecule has 0 saturated carbocycles. The maximum Gasteiger partial charge on any atom is 0.326 e. The third kappa shape index (κ3) is 5.80. The van der Waals surface area contributed by atoms with Gasteiger partial charge in [0.25, 0.3) is 0 Å². The van der Waals surface area contributed by atoms with Gasteiger partial charge >= 0.3 is 11.9 Å². The molecule has 1 aromatic carbocycles. The zero-order chi connectivity index (χ0) is 22.4. The number of carbonyl (C=O) groups excluding carboxylic acids is 2. The van der Waals surface area contributed by atoms with Gasteiger partial charge in [0.15, 0.2) is 0 Å². The van der Waals surface area contributed by atoms with Crippen molar-refractivity contribution >= 4 is 29.6 Å². The summed E-state index contributed by atoms with van der Waals surface area (Å²) in [5.41, 5.74) is 1.10. The largest absolute Gasteiger partial charge is 0.480 e. The molecule has 2 saturated heterocycles. The number of nitrogens with one attached hydrogen (secondary N) is 1. The zero-order valence-corrected chi connectivity index (χ0v) is 19.0. The van der Waals surface area contributed by atoms with Gasteiger partial charge in [0.05, 0.1) is 12.6 Å². The average Bonchev–Trinajstić information content (AvgIpc) is 3.16. The minimum atomic E-state index is -0.943. The molecular formula is C23H32N2O5S. The van der Waals surface area contributed by atoms with E-state index in [0.29, 0.717) is 19.4 Å². The van der Waals surface area contributed by atoms with Crippen LogP contribution in [0.4, 0.5) is 0 Å². The van der Waals surface area contributed by atoms with Crippen molar-refractivity contribution in [1.82, 2.24) is 10.2 Å². The highest BCUT2D eigenvalue weighted by molar-refractivity contribution is 7.99. The maximum absolute atomic E-state index is 13.2. The molecule has 8 heteroatoms. The summed E-state index contributed by atoms with van der Waals surface area (Å²) < 4.78 is 5.21. The topological polar surface area (TPSA) is 95.9 Å². The maximum atomic E-state index is 13.2. The molecule has 3 unspecified atom stereocenters. The Morgan fingerprint density at radius 1 is 1.29 bits per heavy atom. The lowest BCUT2D eigenvalue weighted by Gasteiger charge is -2.29. The molecule has 5 atom stereocenters. The lowest BCUT2D eigenvalue weighted by molar-refractivity contribution is -0.151. The van der Waals surface area contributed by atoms with E-state index < -0.39 is 24.1 Å². The minimum Gasteiger partial charge on any atom is -0.480 e. The minimum absolute atomic E-state index is 0.00802. The van der Waals surface area contributed by atoms with E-state index in [1.165, 1.54) is 4.90 Å². The summed E-state index contributed by atoms with van der Waals surface area (Å²) in [5.74, 6) is 0.411. The third-order valence-electron chi connectivity index (χ3n) is 6.21. The van der Waals surface area contributed by atoms with Crippen molar-refractivity contribution < 1.29 is 24.2 Å². The van der Waals surface area contributed by atoms with Crippen LogP contribution in [0.25, 0.3) is 0 Å². The van der Waals surface area contributed by atoms with E-state index in [4.69, 9.17) is 4.74 Å². The predicted octanol–water partition coefficient (Wildman–Crippen LogP) is 2.19. The van der Waals surface area contributed by atoms with Crippen molar-refractivity contribution in [3.8, 4) is 0 Å². The molecule has 7 nitrogen and oxygen atoms in total. The number of fused-ring (bicyclic) bond motifs is 1. The monoisotopic (exact) mass is 448 g/mol. The number of rotatable bonds is 9. The highest BCUT2D eigenvalue weighted by Crippen LogP contribution is 2.39. The molecule has 2 aliphatic heterocycles. The first-order valence-corrected chi connectivity index (χ1v) is 12.2. The Hall–Kier alpha value is -2.06. The summed E-state index contributed by atoms with van der Waals surface area (Å²) >= 11 is 1.76. The van der Waals surface area contributed by atoms with Crippen LogP contribution in [0.5, 0.6) is 0 Å². The Bertz CT molecular complexity index is 774. The van der Waals surface area contributed by atoms with Crippen LogP contribution in [0.15, 0.2) is 30.3 Å². The Labute approximate surface area is 187 Å². The van der Waals surface area contributed by atoms with Crippen molar-refractivity contribution in [2.24, 2.45) is 11.8 Å². The molecule has 2 heterocycles. The number of thioether (sulfide) groups is 1. The van der Waals surface area contributed by atoms with Crippen molar-refractivity contribution in [3.63, 3.8) is 0 Å². The molecule has 31 heavy (non-hydrogen) atoms.